The third-order valence-corrected chi connectivity index (χ3v) is 5.70. The summed E-state index contributed by atoms with van der Waals surface area (Å²) in [5, 5.41) is 12.7. The molecule has 3 heterocycles. The first-order valence-corrected chi connectivity index (χ1v) is 8.64. The molecule has 2 aromatic heterocycles. The smallest absolute Gasteiger partial charge is 0.330 e. The molecule has 22 heavy (non-hydrogen) atoms. The molecule has 0 aliphatic carbocycles. The first kappa shape index (κ1) is 15.1. The van der Waals surface area contributed by atoms with Crippen molar-refractivity contribution in [3.63, 3.8) is 0 Å². The summed E-state index contributed by atoms with van der Waals surface area (Å²) in [6.07, 6.45) is 1.97. The van der Waals surface area contributed by atoms with E-state index >= 15 is 0 Å². The number of hydrogen-bond acceptors (Lipinski definition) is 6. The van der Waals surface area contributed by atoms with Crippen molar-refractivity contribution in [1.29, 1.82) is 0 Å². The summed E-state index contributed by atoms with van der Waals surface area (Å²) in [6, 6.07) is 3.52. The summed E-state index contributed by atoms with van der Waals surface area (Å²) < 4.78 is 5.28. The summed E-state index contributed by atoms with van der Waals surface area (Å²) in [7, 11) is 0. The van der Waals surface area contributed by atoms with E-state index in [0.29, 0.717) is 22.9 Å². The zero-order chi connectivity index (χ0) is 15.7. The Balaban J connectivity index is 1.85. The molecule has 116 valence electrons. The van der Waals surface area contributed by atoms with Crippen LogP contribution in [0.15, 0.2) is 22.8 Å². The van der Waals surface area contributed by atoms with Gasteiger partial charge in [0, 0.05) is 10.6 Å². The van der Waals surface area contributed by atoms with E-state index in [1.54, 1.807) is 25.3 Å². The molecule has 0 saturated carbocycles. The SMILES string of the molecule is Cc1sc(-c2ccco2)nc1C(=O)N[C@@]1(C(=O)O)CCSC1. The van der Waals surface area contributed by atoms with Gasteiger partial charge in [0.1, 0.15) is 11.2 Å². The third kappa shape index (κ3) is 2.64. The molecular formula is C14H14N2O4S2. The van der Waals surface area contributed by atoms with Gasteiger partial charge in [0.05, 0.1) is 6.26 Å². The van der Waals surface area contributed by atoms with Gasteiger partial charge in [-0.1, -0.05) is 0 Å². The maximum atomic E-state index is 12.4. The van der Waals surface area contributed by atoms with Crippen LogP contribution in [0.25, 0.3) is 10.8 Å². The fraction of sp³-hybridized carbons (Fsp3) is 0.357. The third-order valence-electron chi connectivity index (χ3n) is 3.53. The molecule has 2 N–H and O–H groups in total. The highest BCUT2D eigenvalue weighted by Crippen LogP contribution is 2.31. The average Bonchev–Trinajstić information content (AvgIpc) is 3.17. The Kier molecular flexibility index (Phi) is 3.96. The predicted octanol–water partition coefficient (Wildman–Crippen LogP) is 2.40. The number of hydrogen-bond donors (Lipinski definition) is 2. The highest BCUT2D eigenvalue weighted by Gasteiger charge is 2.43. The topological polar surface area (TPSA) is 92.4 Å². The number of nitrogens with zero attached hydrogens (tertiary/aromatic N) is 1. The van der Waals surface area contributed by atoms with Crippen molar-refractivity contribution in [1.82, 2.24) is 10.3 Å². The Morgan fingerprint density at radius 1 is 1.50 bits per heavy atom. The maximum absolute atomic E-state index is 12.4. The first-order valence-electron chi connectivity index (χ1n) is 6.67. The zero-order valence-electron chi connectivity index (χ0n) is 11.8. The number of amides is 1. The molecule has 1 atom stereocenters. The van der Waals surface area contributed by atoms with E-state index in [1.165, 1.54) is 23.1 Å². The Bertz CT molecular complexity index is 703. The molecule has 1 amide bonds. The van der Waals surface area contributed by atoms with Crippen molar-refractivity contribution in [3.8, 4) is 10.8 Å². The number of carboxylic acid groups (broad SMARTS) is 1. The van der Waals surface area contributed by atoms with Crippen LogP contribution < -0.4 is 5.32 Å². The van der Waals surface area contributed by atoms with Crippen LogP contribution in [-0.2, 0) is 4.79 Å². The lowest BCUT2D eigenvalue weighted by Gasteiger charge is -2.24. The number of rotatable bonds is 4. The maximum Gasteiger partial charge on any atom is 0.330 e. The van der Waals surface area contributed by atoms with Crippen LogP contribution in [0.2, 0.25) is 0 Å². The van der Waals surface area contributed by atoms with Crippen molar-refractivity contribution in [2.24, 2.45) is 0 Å². The Hall–Kier alpha value is -1.80. The average molecular weight is 338 g/mol. The minimum atomic E-state index is -1.19. The van der Waals surface area contributed by atoms with E-state index in [1.807, 2.05) is 0 Å². The number of carbonyl (C=O) groups is 2. The van der Waals surface area contributed by atoms with E-state index in [-0.39, 0.29) is 5.69 Å². The lowest BCUT2D eigenvalue weighted by atomic mass is 9.99. The highest BCUT2D eigenvalue weighted by atomic mass is 32.2. The quantitative estimate of drug-likeness (QED) is 0.889. The lowest BCUT2D eigenvalue weighted by Crippen LogP contribution is -2.54. The van der Waals surface area contributed by atoms with Gasteiger partial charge in [-0.2, -0.15) is 11.8 Å². The van der Waals surface area contributed by atoms with Crippen LogP contribution in [0.5, 0.6) is 0 Å². The largest absolute Gasteiger partial charge is 0.479 e. The Morgan fingerprint density at radius 2 is 2.32 bits per heavy atom. The van der Waals surface area contributed by atoms with E-state index in [4.69, 9.17) is 4.42 Å². The molecule has 6 nitrogen and oxygen atoms in total. The minimum Gasteiger partial charge on any atom is -0.479 e. The van der Waals surface area contributed by atoms with Gasteiger partial charge in [-0.25, -0.2) is 9.78 Å². The lowest BCUT2D eigenvalue weighted by molar-refractivity contribution is -0.143. The monoisotopic (exact) mass is 338 g/mol. The first-order chi connectivity index (χ1) is 10.5. The van der Waals surface area contributed by atoms with Crippen LogP contribution in [0.4, 0.5) is 0 Å². The zero-order valence-corrected chi connectivity index (χ0v) is 13.4. The second kappa shape index (κ2) is 5.77. The van der Waals surface area contributed by atoms with Crippen molar-refractivity contribution >= 4 is 35.0 Å². The van der Waals surface area contributed by atoms with Gasteiger partial charge in [0.25, 0.3) is 5.91 Å². The summed E-state index contributed by atoms with van der Waals surface area (Å²) in [4.78, 5) is 29.0. The number of nitrogens with one attached hydrogen (secondary N) is 1. The Morgan fingerprint density at radius 3 is 2.91 bits per heavy atom. The van der Waals surface area contributed by atoms with Crippen molar-refractivity contribution in [2.45, 2.75) is 18.9 Å². The van der Waals surface area contributed by atoms with Gasteiger partial charge in [-0.3, -0.25) is 4.79 Å². The second-order valence-corrected chi connectivity index (χ2v) is 7.35. The van der Waals surface area contributed by atoms with Crippen LogP contribution in [0, 0.1) is 6.92 Å². The molecule has 1 aliphatic rings. The van der Waals surface area contributed by atoms with E-state index in [2.05, 4.69) is 10.3 Å². The summed E-state index contributed by atoms with van der Waals surface area (Å²) in [5.74, 6) is 0.251. The van der Waals surface area contributed by atoms with Crippen LogP contribution in [0.3, 0.4) is 0 Å². The van der Waals surface area contributed by atoms with E-state index < -0.39 is 17.4 Å². The second-order valence-electron chi connectivity index (χ2n) is 5.05. The number of aromatic nitrogens is 1. The summed E-state index contributed by atoms with van der Waals surface area (Å²) in [5.41, 5.74) is -0.934. The predicted molar refractivity (Wildman–Crippen MR) is 84.3 cm³/mol. The molecule has 2 aromatic rings. The van der Waals surface area contributed by atoms with E-state index in [0.717, 1.165) is 10.6 Å². The van der Waals surface area contributed by atoms with Crippen LogP contribution in [0.1, 0.15) is 21.8 Å². The fourth-order valence-electron chi connectivity index (χ4n) is 2.27. The van der Waals surface area contributed by atoms with Gasteiger partial charge in [0.15, 0.2) is 10.8 Å². The van der Waals surface area contributed by atoms with Gasteiger partial charge in [0.2, 0.25) is 0 Å². The van der Waals surface area contributed by atoms with Gasteiger partial charge in [-0.15, -0.1) is 11.3 Å². The summed E-state index contributed by atoms with van der Waals surface area (Å²) >= 11 is 2.87. The highest BCUT2D eigenvalue weighted by molar-refractivity contribution is 7.99. The van der Waals surface area contributed by atoms with E-state index in [9.17, 15) is 14.7 Å². The van der Waals surface area contributed by atoms with Crippen LogP contribution >= 0.6 is 23.1 Å². The number of aliphatic carboxylic acids is 1. The number of thioether (sulfide) groups is 1. The number of carboxylic acids is 1. The minimum absolute atomic E-state index is 0.258. The normalized spacial score (nSPS) is 21.0. The van der Waals surface area contributed by atoms with Crippen molar-refractivity contribution in [3.05, 3.63) is 29.0 Å². The molecule has 0 bridgehead atoms. The van der Waals surface area contributed by atoms with Crippen LogP contribution in [-0.4, -0.2) is 39.0 Å². The van der Waals surface area contributed by atoms with Gasteiger partial charge < -0.3 is 14.8 Å². The molecule has 1 saturated heterocycles. The van der Waals surface area contributed by atoms with Gasteiger partial charge in [-0.05, 0) is 31.2 Å². The summed E-state index contributed by atoms with van der Waals surface area (Å²) in [6.45, 7) is 1.79. The number of furan rings is 1. The van der Waals surface area contributed by atoms with Gasteiger partial charge >= 0.3 is 5.97 Å². The molecule has 0 spiro atoms. The number of carbonyl (C=O) groups excluding carboxylic acids is 1. The molecule has 0 radical (unpaired) electrons. The standard InChI is InChI=1S/C14H14N2O4S2/c1-8-10(15-12(22-8)9-3-2-5-20-9)11(17)16-14(13(18)19)4-6-21-7-14/h2-3,5H,4,6-7H2,1H3,(H,16,17)(H,18,19)/t14-/m0/s1. The van der Waals surface area contributed by atoms with Crippen molar-refractivity contribution < 1.29 is 19.1 Å². The molecule has 3 rings (SSSR count). The fourth-order valence-corrected chi connectivity index (χ4v) is 4.48. The Labute approximate surface area is 134 Å². The molecule has 1 fully saturated rings. The molecule has 1 aliphatic heterocycles. The molecule has 0 unspecified atom stereocenters. The van der Waals surface area contributed by atoms with Crippen molar-refractivity contribution in [2.75, 3.05) is 11.5 Å². The molecule has 8 heteroatoms. The molecular weight excluding hydrogens is 324 g/mol. The number of thiazole rings is 1. The number of aryl methyl sites for hydroxylation is 1. The molecule has 0 aromatic carbocycles.